The molecule has 3 rings (SSSR count). The smallest absolute Gasteiger partial charge is 0.270 e. The molecule has 8 heteroatoms. The SMILES string of the molecule is [B]c1cccc(OCc2cnc(C(=O)NCc3ccn(C)n3)cc2C)n1. The average molecular weight is 347 g/mol. The molecule has 3 aromatic heterocycles. The molecule has 0 aromatic carbocycles. The van der Waals surface area contributed by atoms with Crippen LogP contribution in [0.1, 0.15) is 27.3 Å². The number of hydrogen-bond acceptors (Lipinski definition) is 5. The summed E-state index contributed by atoms with van der Waals surface area (Å²) in [4.78, 5) is 20.5. The van der Waals surface area contributed by atoms with E-state index in [1.54, 1.807) is 35.1 Å². The number of rotatable bonds is 6. The van der Waals surface area contributed by atoms with Crippen molar-refractivity contribution in [3.63, 3.8) is 0 Å². The largest absolute Gasteiger partial charge is 0.473 e. The first-order valence-corrected chi connectivity index (χ1v) is 8.09. The highest BCUT2D eigenvalue weighted by molar-refractivity contribution is 6.30. The Kier molecular flexibility index (Phi) is 5.31. The van der Waals surface area contributed by atoms with Gasteiger partial charge in [-0.3, -0.25) is 14.5 Å². The van der Waals surface area contributed by atoms with Crippen LogP contribution in [0.4, 0.5) is 0 Å². The molecule has 0 aliphatic rings. The molecule has 1 N–H and O–H groups in total. The van der Waals surface area contributed by atoms with E-state index in [0.717, 1.165) is 16.8 Å². The monoisotopic (exact) mass is 347 g/mol. The predicted molar refractivity (Wildman–Crippen MR) is 97.3 cm³/mol. The van der Waals surface area contributed by atoms with Gasteiger partial charge in [0.15, 0.2) is 0 Å². The number of aromatic nitrogens is 4. The summed E-state index contributed by atoms with van der Waals surface area (Å²) < 4.78 is 7.31. The van der Waals surface area contributed by atoms with Crippen molar-refractivity contribution in [3.05, 3.63) is 65.2 Å². The van der Waals surface area contributed by atoms with Crippen LogP contribution >= 0.6 is 0 Å². The van der Waals surface area contributed by atoms with Gasteiger partial charge in [-0.25, -0.2) is 4.98 Å². The van der Waals surface area contributed by atoms with Crippen LogP contribution in [0.3, 0.4) is 0 Å². The Bertz CT molecular complexity index is 925. The zero-order valence-corrected chi connectivity index (χ0v) is 14.6. The lowest BCUT2D eigenvalue weighted by Crippen LogP contribution is -2.24. The minimum absolute atomic E-state index is 0.247. The van der Waals surface area contributed by atoms with Crippen molar-refractivity contribution in [1.82, 2.24) is 25.1 Å². The summed E-state index contributed by atoms with van der Waals surface area (Å²) in [5.41, 5.74) is 3.32. The lowest BCUT2D eigenvalue weighted by Gasteiger charge is -2.10. The number of pyridine rings is 2. The van der Waals surface area contributed by atoms with Gasteiger partial charge in [0.05, 0.1) is 12.2 Å². The van der Waals surface area contributed by atoms with E-state index in [9.17, 15) is 4.79 Å². The van der Waals surface area contributed by atoms with Crippen molar-refractivity contribution in [1.29, 1.82) is 0 Å². The maximum absolute atomic E-state index is 12.2. The molecule has 1 amide bonds. The van der Waals surface area contributed by atoms with Crippen molar-refractivity contribution >= 4 is 19.3 Å². The minimum Gasteiger partial charge on any atom is -0.473 e. The second kappa shape index (κ2) is 7.82. The lowest BCUT2D eigenvalue weighted by atomic mass is 10.0. The topological polar surface area (TPSA) is 81.9 Å². The summed E-state index contributed by atoms with van der Waals surface area (Å²) >= 11 is 0. The molecule has 0 fully saturated rings. The number of aryl methyl sites for hydroxylation is 2. The molecule has 3 heterocycles. The fourth-order valence-corrected chi connectivity index (χ4v) is 2.34. The van der Waals surface area contributed by atoms with E-state index in [1.165, 1.54) is 0 Å². The second-order valence-corrected chi connectivity index (χ2v) is 5.85. The zero-order chi connectivity index (χ0) is 18.5. The van der Waals surface area contributed by atoms with Gasteiger partial charge in [0.2, 0.25) is 5.88 Å². The van der Waals surface area contributed by atoms with Gasteiger partial charge in [-0.2, -0.15) is 5.10 Å². The Morgan fingerprint density at radius 1 is 1.35 bits per heavy atom. The number of amides is 1. The number of carbonyl (C=O) groups is 1. The van der Waals surface area contributed by atoms with Crippen molar-refractivity contribution < 1.29 is 9.53 Å². The lowest BCUT2D eigenvalue weighted by molar-refractivity contribution is 0.0945. The van der Waals surface area contributed by atoms with Crippen molar-refractivity contribution in [2.45, 2.75) is 20.1 Å². The summed E-state index contributed by atoms with van der Waals surface area (Å²) in [5.74, 6) is 0.199. The standard InChI is InChI=1S/C18H18BN5O2/c1-12-8-15(18(25)21-10-14-6-7-24(2)23-14)20-9-13(12)11-26-17-5-3-4-16(19)22-17/h3-9H,10-11H2,1-2H3,(H,21,25). The summed E-state index contributed by atoms with van der Waals surface area (Å²) in [6.07, 6.45) is 3.46. The molecular formula is C18H18BN5O2. The highest BCUT2D eigenvalue weighted by atomic mass is 16.5. The fourth-order valence-electron chi connectivity index (χ4n) is 2.34. The van der Waals surface area contributed by atoms with Crippen LogP contribution < -0.4 is 15.6 Å². The zero-order valence-electron chi connectivity index (χ0n) is 14.6. The second-order valence-electron chi connectivity index (χ2n) is 5.85. The van der Waals surface area contributed by atoms with Gasteiger partial charge in [0, 0.05) is 31.1 Å². The summed E-state index contributed by atoms with van der Waals surface area (Å²) in [7, 11) is 7.46. The van der Waals surface area contributed by atoms with Crippen LogP contribution in [0.2, 0.25) is 0 Å². The van der Waals surface area contributed by atoms with Crippen LogP contribution in [-0.2, 0) is 20.2 Å². The van der Waals surface area contributed by atoms with E-state index >= 15 is 0 Å². The predicted octanol–water partition coefficient (Wildman–Crippen LogP) is 0.821. The number of nitrogens with zero attached hydrogens (tertiary/aromatic N) is 4. The molecule has 0 bridgehead atoms. The van der Waals surface area contributed by atoms with Crippen LogP contribution in [0, 0.1) is 6.92 Å². The van der Waals surface area contributed by atoms with E-state index in [0.29, 0.717) is 30.3 Å². The van der Waals surface area contributed by atoms with Gasteiger partial charge in [-0.1, -0.05) is 12.1 Å². The van der Waals surface area contributed by atoms with Gasteiger partial charge in [0.25, 0.3) is 5.91 Å². The van der Waals surface area contributed by atoms with E-state index in [-0.39, 0.29) is 5.91 Å². The van der Waals surface area contributed by atoms with Gasteiger partial charge < -0.3 is 10.1 Å². The van der Waals surface area contributed by atoms with Crippen LogP contribution in [0.15, 0.2) is 42.7 Å². The Morgan fingerprint density at radius 3 is 2.88 bits per heavy atom. The molecule has 130 valence electrons. The van der Waals surface area contributed by atoms with Crippen molar-refractivity contribution in [2.24, 2.45) is 7.05 Å². The quantitative estimate of drug-likeness (QED) is 0.668. The number of carbonyl (C=O) groups excluding carboxylic acids is 1. The third kappa shape index (κ3) is 4.47. The van der Waals surface area contributed by atoms with E-state index in [2.05, 4.69) is 20.4 Å². The Hall–Kier alpha value is -3.16. The summed E-state index contributed by atoms with van der Waals surface area (Å²) in [5, 5.41) is 7.02. The normalized spacial score (nSPS) is 10.5. The van der Waals surface area contributed by atoms with Gasteiger partial charge in [-0.15, -0.1) is 0 Å². The Labute approximate surface area is 152 Å². The van der Waals surface area contributed by atoms with Gasteiger partial charge in [-0.05, 0) is 30.2 Å². The molecule has 0 atom stereocenters. The molecule has 0 aliphatic heterocycles. The third-order valence-electron chi connectivity index (χ3n) is 3.77. The average Bonchev–Trinajstić information content (AvgIpc) is 3.04. The molecule has 7 nitrogen and oxygen atoms in total. The van der Waals surface area contributed by atoms with E-state index < -0.39 is 0 Å². The molecule has 0 saturated carbocycles. The molecule has 0 aliphatic carbocycles. The van der Waals surface area contributed by atoms with Gasteiger partial charge in [0.1, 0.15) is 20.1 Å². The maximum Gasteiger partial charge on any atom is 0.270 e. The highest BCUT2D eigenvalue weighted by Crippen LogP contribution is 2.12. The Morgan fingerprint density at radius 2 is 2.19 bits per heavy atom. The highest BCUT2D eigenvalue weighted by Gasteiger charge is 2.10. The van der Waals surface area contributed by atoms with Gasteiger partial charge >= 0.3 is 0 Å². The molecule has 0 unspecified atom stereocenters. The summed E-state index contributed by atoms with van der Waals surface area (Å²) in [6, 6.07) is 8.79. The van der Waals surface area contributed by atoms with Crippen molar-refractivity contribution in [2.75, 3.05) is 0 Å². The van der Waals surface area contributed by atoms with Crippen LogP contribution in [0.25, 0.3) is 0 Å². The molecule has 0 saturated heterocycles. The summed E-state index contributed by atoms with van der Waals surface area (Å²) in [6.45, 7) is 2.56. The van der Waals surface area contributed by atoms with Crippen molar-refractivity contribution in [3.8, 4) is 5.88 Å². The van der Waals surface area contributed by atoms with E-state index in [4.69, 9.17) is 12.6 Å². The maximum atomic E-state index is 12.2. The minimum atomic E-state index is -0.247. The van der Waals surface area contributed by atoms with Crippen LogP contribution in [-0.4, -0.2) is 33.5 Å². The van der Waals surface area contributed by atoms with E-state index in [1.807, 2.05) is 26.2 Å². The number of nitrogens with one attached hydrogen (secondary N) is 1. The Balaban J connectivity index is 1.60. The molecule has 2 radical (unpaired) electrons. The number of ether oxygens (including phenoxy) is 1. The first kappa shape index (κ1) is 17.7. The third-order valence-corrected chi connectivity index (χ3v) is 3.77. The fraction of sp³-hybridized carbons (Fsp3) is 0.222. The van der Waals surface area contributed by atoms with Crippen LogP contribution in [0.5, 0.6) is 5.88 Å². The molecule has 0 spiro atoms. The molecule has 26 heavy (non-hydrogen) atoms. The number of hydrogen-bond donors (Lipinski definition) is 1. The molecule has 3 aromatic rings. The first-order chi connectivity index (χ1) is 12.5. The first-order valence-electron chi connectivity index (χ1n) is 8.09. The molecular weight excluding hydrogens is 329 g/mol.